The Kier molecular flexibility index (Phi) is 4.02. The standard InChI is InChI=1S/C14H15NO5/c1-19-13(17)10-8-11(14(18)20-2)15(10)12(16)9-6-4-3-5-7-9/h3-7,10-11H,8H2,1-2H3/t10-,11-/m0/s1. The van der Waals surface area contributed by atoms with Crippen molar-refractivity contribution in [1.29, 1.82) is 0 Å². The number of likely N-dealkylation sites (tertiary alicyclic amines) is 1. The van der Waals surface area contributed by atoms with Crippen LogP contribution in [0, 0.1) is 0 Å². The lowest BCUT2D eigenvalue weighted by Crippen LogP contribution is -2.65. The molecule has 0 N–H and O–H groups in total. The lowest BCUT2D eigenvalue weighted by atomic mass is 9.91. The number of ether oxygens (including phenoxy) is 2. The zero-order valence-corrected chi connectivity index (χ0v) is 11.2. The second-order valence-corrected chi connectivity index (χ2v) is 4.39. The van der Waals surface area contributed by atoms with Gasteiger partial charge in [-0.05, 0) is 12.1 Å². The van der Waals surface area contributed by atoms with E-state index in [4.69, 9.17) is 0 Å². The smallest absolute Gasteiger partial charge is 0.328 e. The van der Waals surface area contributed by atoms with Crippen LogP contribution in [0.2, 0.25) is 0 Å². The highest BCUT2D eigenvalue weighted by Crippen LogP contribution is 2.29. The van der Waals surface area contributed by atoms with E-state index in [-0.39, 0.29) is 12.3 Å². The van der Waals surface area contributed by atoms with Gasteiger partial charge in [0.25, 0.3) is 5.91 Å². The summed E-state index contributed by atoms with van der Waals surface area (Å²) < 4.78 is 9.29. The van der Waals surface area contributed by atoms with Gasteiger partial charge >= 0.3 is 11.9 Å². The Morgan fingerprint density at radius 1 is 1.00 bits per heavy atom. The van der Waals surface area contributed by atoms with Crippen LogP contribution in [-0.4, -0.2) is 49.0 Å². The van der Waals surface area contributed by atoms with Gasteiger partial charge in [-0.25, -0.2) is 9.59 Å². The molecule has 2 rings (SSSR count). The van der Waals surface area contributed by atoms with Crippen molar-refractivity contribution in [3.63, 3.8) is 0 Å². The number of carbonyl (C=O) groups is 3. The van der Waals surface area contributed by atoms with Crippen molar-refractivity contribution in [2.75, 3.05) is 14.2 Å². The van der Waals surface area contributed by atoms with Gasteiger partial charge in [-0.2, -0.15) is 0 Å². The molecule has 106 valence electrons. The summed E-state index contributed by atoms with van der Waals surface area (Å²) in [7, 11) is 2.50. The van der Waals surface area contributed by atoms with Gasteiger partial charge in [0.05, 0.1) is 14.2 Å². The van der Waals surface area contributed by atoms with Gasteiger partial charge in [0.15, 0.2) is 0 Å². The number of esters is 2. The second kappa shape index (κ2) is 5.73. The Hall–Kier alpha value is -2.37. The number of carbonyl (C=O) groups excluding carboxylic acids is 3. The van der Waals surface area contributed by atoms with Crippen LogP contribution < -0.4 is 0 Å². The van der Waals surface area contributed by atoms with Crippen LogP contribution >= 0.6 is 0 Å². The van der Waals surface area contributed by atoms with Crippen molar-refractivity contribution in [2.24, 2.45) is 0 Å². The summed E-state index contributed by atoms with van der Waals surface area (Å²) in [5.41, 5.74) is 0.412. The second-order valence-electron chi connectivity index (χ2n) is 4.39. The first-order valence-corrected chi connectivity index (χ1v) is 6.13. The van der Waals surface area contributed by atoms with Crippen molar-refractivity contribution in [1.82, 2.24) is 4.90 Å². The molecule has 1 aromatic rings. The average molecular weight is 277 g/mol. The van der Waals surface area contributed by atoms with Crippen molar-refractivity contribution in [3.05, 3.63) is 35.9 Å². The molecule has 6 heteroatoms. The number of rotatable bonds is 3. The topological polar surface area (TPSA) is 72.9 Å². The molecule has 6 nitrogen and oxygen atoms in total. The molecular formula is C14H15NO5. The largest absolute Gasteiger partial charge is 0.467 e. The molecule has 1 fully saturated rings. The predicted molar refractivity (Wildman–Crippen MR) is 68.8 cm³/mol. The predicted octanol–water partition coefficient (Wildman–Crippen LogP) is 0.616. The fourth-order valence-electron chi connectivity index (χ4n) is 2.22. The van der Waals surface area contributed by atoms with Crippen LogP contribution in [0.15, 0.2) is 30.3 Å². The Balaban J connectivity index is 2.24. The lowest BCUT2D eigenvalue weighted by Gasteiger charge is -2.44. The molecule has 1 amide bonds. The molecular weight excluding hydrogens is 262 g/mol. The van der Waals surface area contributed by atoms with Gasteiger partial charge in [0.2, 0.25) is 0 Å². The molecule has 1 aliphatic rings. The Morgan fingerprint density at radius 2 is 1.50 bits per heavy atom. The number of amides is 1. The Labute approximate surface area is 116 Å². The molecule has 1 aliphatic heterocycles. The first-order valence-electron chi connectivity index (χ1n) is 6.13. The molecule has 1 aromatic carbocycles. The monoisotopic (exact) mass is 277 g/mol. The Morgan fingerprint density at radius 3 is 1.95 bits per heavy atom. The van der Waals surface area contributed by atoms with Crippen molar-refractivity contribution >= 4 is 17.8 Å². The molecule has 2 atom stereocenters. The minimum absolute atomic E-state index is 0.220. The summed E-state index contributed by atoms with van der Waals surface area (Å²) in [5, 5.41) is 0. The Bertz CT molecular complexity index is 506. The summed E-state index contributed by atoms with van der Waals surface area (Å²) >= 11 is 0. The van der Waals surface area contributed by atoms with E-state index in [0.717, 1.165) is 0 Å². The number of hydrogen-bond acceptors (Lipinski definition) is 5. The van der Waals surface area contributed by atoms with Crippen LogP contribution in [0.4, 0.5) is 0 Å². The van der Waals surface area contributed by atoms with E-state index in [9.17, 15) is 14.4 Å². The van der Waals surface area contributed by atoms with E-state index in [0.29, 0.717) is 5.56 Å². The summed E-state index contributed by atoms with van der Waals surface area (Å²) in [6.07, 6.45) is 0.220. The van der Waals surface area contributed by atoms with Crippen LogP contribution in [0.3, 0.4) is 0 Å². The van der Waals surface area contributed by atoms with Crippen LogP contribution in [0.25, 0.3) is 0 Å². The maximum Gasteiger partial charge on any atom is 0.328 e. The molecule has 1 heterocycles. The van der Waals surface area contributed by atoms with E-state index in [1.807, 2.05) is 0 Å². The summed E-state index contributed by atoms with van der Waals surface area (Å²) in [4.78, 5) is 36.9. The van der Waals surface area contributed by atoms with E-state index in [2.05, 4.69) is 9.47 Å². The lowest BCUT2D eigenvalue weighted by molar-refractivity contribution is -0.163. The van der Waals surface area contributed by atoms with E-state index < -0.39 is 24.0 Å². The van der Waals surface area contributed by atoms with Crippen molar-refractivity contribution in [2.45, 2.75) is 18.5 Å². The number of hydrogen-bond donors (Lipinski definition) is 0. The van der Waals surface area contributed by atoms with Gasteiger partial charge in [-0.3, -0.25) is 4.79 Å². The molecule has 0 aliphatic carbocycles. The average Bonchev–Trinajstić information content (AvgIpc) is 2.46. The fourth-order valence-corrected chi connectivity index (χ4v) is 2.22. The van der Waals surface area contributed by atoms with Crippen LogP contribution in [0.5, 0.6) is 0 Å². The van der Waals surface area contributed by atoms with Gasteiger partial charge in [-0.15, -0.1) is 0 Å². The summed E-state index contributed by atoms with van der Waals surface area (Å²) in [6, 6.07) is 6.99. The molecule has 0 spiro atoms. The summed E-state index contributed by atoms with van der Waals surface area (Å²) in [5.74, 6) is -1.45. The molecule has 0 aromatic heterocycles. The number of nitrogens with zero attached hydrogens (tertiary/aromatic N) is 1. The molecule has 0 radical (unpaired) electrons. The van der Waals surface area contributed by atoms with E-state index in [1.165, 1.54) is 19.1 Å². The summed E-state index contributed by atoms with van der Waals surface area (Å²) in [6.45, 7) is 0. The van der Waals surface area contributed by atoms with Gasteiger partial charge in [0, 0.05) is 12.0 Å². The third-order valence-electron chi connectivity index (χ3n) is 3.32. The molecule has 1 saturated heterocycles. The molecule has 0 unspecified atom stereocenters. The van der Waals surface area contributed by atoms with Gasteiger partial charge in [-0.1, -0.05) is 18.2 Å². The molecule has 20 heavy (non-hydrogen) atoms. The minimum Gasteiger partial charge on any atom is -0.467 e. The highest BCUT2D eigenvalue weighted by Gasteiger charge is 2.50. The fraction of sp³-hybridized carbons (Fsp3) is 0.357. The van der Waals surface area contributed by atoms with E-state index >= 15 is 0 Å². The third-order valence-corrected chi connectivity index (χ3v) is 3.32. The van der Waals surface area contributed by atoms with Crippen LogP contribution in [-0.2, 0) is 19.1 Å². The van der Waals surface area contributed by atoms with E-state index in [1.54, 1.807) is 30.3 Å². The van der Waals surface area contributed by atoms with Crippen LogP contribution in [0.1, 0.15) is 16.8 Å². The first-order chi connectivity index (χ1) is 9.60. The SMILES string of the molecule is COC(=O)[C@@H]1C[C@@H](C(=O)OC)N1C(=O)c1ccccc1. The normalized spacial score (nSPS) is 20.8. The highest BCUT2D eigenvalue weighted by molar-refractivity contribution is 6.01. The van der Waals surface area contributed by atoms with Gasteiger partial charge in [0.1, 0.15) is 12.1 Å². The molecule has 0 bridgehead atoms. The zero-order chi connectivity index (χ0) is 14.7. The first kappa shape index (κ1) is 14.0. The minimum atomic E-state index is -0.739. The zero-order valence-electron chi connectivity index (χ0n) is 11.2. The number of methoxy groups -OCH3 is 2. The van der Waals surface area contributed by atoms with Gasteiger partial charge < -0.3 is 14.4 Å². The van der Waals surface area contributed by atoms with Crippen molar-refractivity contribution in [3.8, 4) is 0 Å². The van der Waals surface area contributed by atoms with Crippen molar-refractivity contribution < 1.29 is 23.9 Å². The maximum absolute atomic E-state index is 12.4. The number of benzene rings is 1. The maximum atomic E-state index is 12.4. The quantitative estimate of drug-likeness (QED) is 0.757. The third kappa shape index (κ3) is 2.36. The highest BCUT2D eigenvalue weighted by atomic mass is 16.5. The molecule has 0 saturated carbocycles.